The van der Waals surface area contributed by atoms with Gasteiger partial charge in [-0.05, 0) is 42.6 Å². The first-order valence-corrected chi connectivity index (χ1v) is 8.29. The number of anilines is 1. The van der Waals surface area contributed by atoms with E-state index < -0.39 is 10.0 Å². The molecule has 0 spiro atoms. The lowest BCUT2D eigenvalue weighted by molar-refractivity contribution is 0.598. The Hall–Kier alpha value is -1.37. The number of hydrogen-bond donors (Lipinski definition) is 2. The molecule has 6 heteroatoms. The summed E-state index contributed by atoms with van der Waals surface area (Å²) in [5.74, 6) is 0. The van der Waals surface area contributed by atoms with E-state index >= 15 is 0 Å². The van der Waals surface area contributed by atoms with E-state index in [1.807, 2.05) is 6.07 Å². The molecule has 3 N–H and O–H groups in total. The molecular weight excluding hydrogens is 280 g/mol. The number of rotatable bonds is 5. The van der Waals surface area contributed by atoms with Crippen molar-refractivity contribution < 1.29 is 8.42 Å². The van der Waals surface area contributed by atoms with Crippen molar-refractivity contribution in [3.05, 3.63) is 46.7 Å². The maximum atomic E-state index is 11.1. The summed E-state index contributed by atoms with van der Waals surface area (Å²) >= 11 is 1.73. The van der Waals surface area contributed by atoms with Crippen LogP contribution in [0.1, 0.15) is 11.8 Å². The Labute approximate surface area is 117 Å². The quantitative estimate of drug-likeness (QED) is 0.890. The van der Waals surface area contributed by atoms with Crippen molar-refractivity contribution in [1.29, 1.82) is 0 Å². The third-order valence-corrected chi connectivity index (χ3v) is 4.51. The standard InChI is InChI=1S/C13H16N2O2S2/c1-10(9-12-3-2-8-18-12)15-11-4-6-13(7-5-11)19(14,16)17/h2-8,10,15H,9H2,1H3,(H2,14,16,17). The van der Waals surface area contributed by atoms with Gasteiger partial charge in [0.15, 0.2) is 0 Å². The molecule has 1 aromatic carbocycles. The molecule has 0 aliphatic carbocycles. The first-order valence-electron chi connectivity index (χ1n) is 5.87. The molecule has 0 fully saturated rings. The van der Waals surface area contributed by atoms with Crippen LogP contribution in [0, 0.1) is 0 Å². The normalized spacial score (nSPS) is 13.2. The number of primary sulfonamides is 1. The minimum atomic E-state index is -3.62. The van der Waals surface area contributed by atoms with Crippen LogP contribution in [0.3, 0.4) is 0 Å². The zero-order valence-corrected chi connectivity index (χ0v) is 12.2. The van der Waals surface area contributed by atoms with Gasteiger partial charge in [-0.25, -0.2) is 13.6 Å². The molecule has 0 saturated heterocycles. The summed E-state index contributed by atoms with van der Waals surface area (Å²) < 4.78 is 22.3. The van der Waals surface area contributed by atoms with Crippen molar-refractivity contribution in [2.24, 2.45) is 5.14 Å². The second-order valence-corrected chi connectivity index (χ2v) is 6.99. The van der Waals surface area contributed by atoms with Crippen LogP contribution >= 0.6 is 11.3 Å². The molecule has 0 aliphatic heterocycles. The van der Waals surface area contributed by atoms with E-state index in [9.17, 15) is 8.42 Å². The molecule has 4 nitrogen and oxygen atoms in total. The van der Waals surface area contributed by atoms with Crippen LogP contribution in [-0.4, -0.2) is 14.5 Å². The van der Waals surface area contributed by atoms with Gasteiger partial charge in [0, 0.05) is 23.0 Å². The van der Waals surface area contributed by atoms with E-state index in [1.54, 1.807) is 23.5 Å². The van der Waals surface area contributed by atoms with Crippen molar-refractivity contribution >= 4 is 27.0 Å². The largest absolute Gasteiger partial charge is 0.382 e. The minimum absolute atomic E-state index is 0.129. The first kappa shape index (κ1) is 14.0. The Balaban J connectivity index is 1.99. The average molecular weight is 296 g/mol. The summed E-state index contributed by atoms with van der Waals surface area (Å²) in [5, 5.41) is 10.4. The summed E-state index contributed by atoms with van der Waals surface area (Å²) in [6.07, 6.45) is 0.939. The third kappa shape index (κ3) is 4.05. The van der Waals surface area contributed by atoms with Crippen molar-refractivity contribution in [3.63, 3.8) is 0 Å². The molecular formula is C13H16N2O2S2. The Kier molecular flexibility index (Phi) is 4.24. The van der Waals surface area contributed by atoms with Crippen LogP contribution in [0.5, 0.6) is 0 Å². The molecule has 19 heavy (non-hydrogen) atoms. The molecule has 0 saturated carbocycles. The molecule has 0 radical (unpaired) electrons. The van der Waals surface area contributed by atoms with Crippen LogP contribution in [0.15, 0.2) is 46.7 Å². The maximum Gasteiger partial charge on any atom is 0.238 e. The van der Waals surface area contributed by atoms with Crippen LogP contribution < -0.4 is 10.5 Å². The van der Waals surface area contributed by atoms with E-state index in [0.717, 1.165) is 12.1 Å². The number of benzene rings is 1. The lowest BCUT2D eigenvalue weighted by atomic mass is 10.2. The summed E-state index contributed by atoms with van der Waals surface area (Å²) in [6, 6.07) is 10.9. The van der Waals surface area contributed by atoms with Crippen LogP contribution in [0.4, 0.5) is 5.69 Å². The highest BCUT2D eigenvalue weighted by Gasteiger charge is 2.08. The van der Waals surface area contributed by atoms with Crippen molar-refractivity contribution in [3.8, 4) is 0 Å². The third-order valence-electron chi connectivity index (χ3n) is 2.68. The average Bonchev–Trinajstić information content (AvgIpc) is 2.81. The van der Waals surface area contributed by atoms with Crippen molar-refractivity contribution in [2.45, 2.75) is 24.3 Å². The molecule has 1 heterocycles. The van der Waals surface area contributed by atoms with E-state index in [2.05, 4.69) is 23.7 Å². The van der Waals surface area contributed by atoms with E-state index in [4.69, 9.17) is 5.14 Å². The number of nitrogens with two attached hydrogens (primary N) is 1. The lowest BCUT2D eigenvalue weighted by Crippen LogP contribution is -2.17. The minimum Gasteiger partial charge on any atom is -0.382 e. The fraction of sp³-hybridized carbons (Fsp3) is 0.231. The molecule has 2 rings (SSSR count). The second-order valence-electron chi connectivity index (χ2n) is 4.40. The van der Waals surface area contributed by atoms with Gasteiger partial charge in [0.25, 0.3) is 0 Å². The van der Waals surface area contributed by atoms with Gasteiger partial charge in [0.05, 0.1) is 4.90 Å². The van der Waals surface area contributed by atoms with Gasteiger partial charge < -0.3 is 5.32 Å². The fourth-order valence-electron chi connectivity index (χ4n) is 1.81. The van der Waals surface area contributed by atoms with Gasteiger partial charge in [0.1, 0.15) is 0 Å². The zero-order valence-electron chi connectivity index (χ0n) is 10.5. The highest BCUT2D eigenvalue weighted by molar-refractivity contribution is 7.89. The Morgan fingerprint density at radius 3 is 2.47 bits per heavy atom. The first-order chi connectivity index (χ1) is 8.95. The highest BCUT2D eigenvalue weighted by atomic mass is 32.2. The van der Waals surface area contributed by atoms with Crippen LogP contribution in [-0.2, 0) is 16.4 Å². The highest BCUT2D eigenvalue weighted by Crippen LogP contribution is 2.16. The number of nitrogens with one attached hydrogen (secondary N) is 1. The molecule has 1 unspecified atom stereocenters. The predicted molar refractivity (Wildman–Crippen MR) is 78.9 cm³/mol. The smallest absolute Gasteiger partial charge is 0.238 e. The van der Waals surface area contributed by atoms with Gasteiger partial charge in [-0.15, -0.1) is 11.3 Å². The van der Waals surface area contributed by atoms with Crippen LogP contribution in [0.25, 0.3) is 0 Å². The van der Waals surface area contributed by atoms with Gasteiger partial charge >= 0.3 is 0 Å². The monoisotopic (exact) mass is 296 g/mol. The van der Waals surface area contributed by atoms with Crippen molar-refractivity contribution in [2.75, 3.05) is 5.32 Å². The number of sulfonamides is 1. The fourth-order valence-corrected chi connectivity index (χ4v) is 3.16. The van der Waals surface area contributed by atoms with Crippen molar-refractivity contribution in [1.82, 2.24) is 0 Å². The Morgan fingerprint density at radius 2 is 1.95 bits per heavy atom. The molecule has 1 aromatic heterocycles. The summed E-state index contributed by atoms with van der Waals surface area (Å²) in [6.45, 7) is 2.09. The van der Waals surface area contributed by atoms with Gasteiger partial charge in [0.2, 0.25) is 10.0 Å². The number of thiophene rings is 1. The molecule has 0 bridgehead atoms. The topological polar surface area (TPSA) is 72.2 Å². The maximum absolute atomic E-state index is 11.1. The molecule has 1 atom stereocenters. The van der Waals surface area contributed by atoms with E-state index in [0.29, 0.717) is 0 Å². The Bertz CT molecular complexity index is 619. The lowest BCUT2D eigenvalue weighted by Gasteiger charge is -2.14. The summed E-state index contributed by atoms with van der Waals surface area (Å²) in [4.78, 5) is 1.45. The second kappa shape index (κ2) is 5.73. The summed E-state index contributed by atoms with van der Waals surface area (Å²) in [5.41, 5.74) is 0.886. The molecule has 0 amide bonds. The van der Waals surface area contributed by atoms with Gasteiger partial charge in [-0.1, -0.05) is 6.07 Å². The SMILES string of the molecule is CC(Cc1cccs1)Nc1ccc(S(N)(=O)=O)cc1. The number of hydrogen-bond acceptors (Lipinski definition) is 4. The predicted octanol–water partition coefficient (Wildman–Crippen LogP) is 2.44. The zero-order chi connectivity index (χ0) is 13.9. The Morgan fingerprint density at radius 1 is 1.26 bits per heavy atom. The van der Waals surface area contributed by atoms with E-state index in [-0.39, 0.29) is 10.9 Å². The van der Waals surface area contributed by atoms with Gasteiger partial charge in [-0.3, -0.25) is 0 Å². The summed E-state index contributed by atoms with van der Waals surface area (Å²) in [7, 11) is -3.62. The molecule has 102 valence electrons. The molecule has 0 aliphatic rings. The van der Waals surface area contributed by atoms with E-state index in [1.165, 1.54) is 17.0 Å². The van der Waals surface area contributed by atoms with Crippen LogP contribution in [0.2, 0.25) is 0 Å². The molecule has 2 aromatic rings. The van der Waals surface area contributed by atoms with Gasteiger partial charge in [-0.2, -0.15) is 0 Å².